The van der Waals surface area contributed by atoms with Crippen molar-refractivity contribution in [3.63, 3.8) is 0 Å². The average molecular weight is 382 g/mol. The first-order valence-corrected chi connectivity index (χ1v) is 6.53. The minimum Gasteiger partial charge on any atom is -0.431 e. The zero-order valence-electron chi connectivity index (χ0n) is 6.91. The summed E-state index contributed by atoms with van der Waals surface area (Å²) in [6.07, 6.45) is 0. The summed E-state index contributed by atoms with van der Waals surface area (Å²) in [6, 6.07) is 7.85. The highest BCUT2D eigenvalue weighted by Gasteiger charge is 2.01. The summed E-state index contributed by atoms with van der Waals surface area (Å²) in [5.41, 5.74) is 0. The molecule has 2 nitrogen and oxygen atoms in total. The van der Waals surface area contributed by atoms with Gasteiger partial charge in [-0.05, 0) is 62.8 Å². The first-order valence-electron chi connectivity index (χ1n) is 3.78. The molecule has 0 amide bonds. The largest absolute Gasteiger partial charge is 0.431 e. The molecule has 0 atom stereocenters. The number of thiazole rings is 1. The maximum Gasteiger partial charge on any atom is 0.279 e. The van der Waals surface area contributed by atoms with Crippen LogP contribution in [0.4, 0.5) is 0 Å². The van der Waals surface area contributed by atoms with Crippen molar-refractivity contribution in [3.05, 3.63) is 37.8 Å². The Morgan fingerprint density at radius 3 is 2.57 bits per heavy atom. The van der Waals surface area contributed by atoms with E-state index < -0.39 is 0 Å². The predicted octanol–water partition coefficient (Wildman–Crippen LogP) is 4.30. The Hall–Kier alpha value is -0.140. The molecule has 0 saturated heterocycles. The number of rotatable bonds is 2. The molecule has 0 spiro atoms. The maximum atomic E-state index is 5.53. The highest BCUT2D eigenvalue weighted by atomic mass is 127. The van der Waals surface area contributed by atoms with Gasteiger partial charge in [0, 0.05) is 8.95 Å². The van der Waals surface area contributed by atoms with Crippen LogP contribution in [-0.2, 0) is 0 Å². The lowest BCUT2D eigenvalue weighted by atomic mass is 10.3. The van der Waals surface area contributed by atoms with E-state index in [1.807, 2.05) is 29.6 Å². The molecule has 0 N–H and O–H groups in total. The van der Waals surface area contributed by atoms with Gasteiger partial charge in [-0.1, -0.05) is 11.3 Å². The molecule has 1 aromatic carbocycles. The predicted molar refractivity (Wildman–Crippen MR) is 69.0 cm³/mol. The standard InChI is InChI=1S/C9H5BrINOS/c10-8-5-14-9(12-8)13-7-3-1-6(11)2-4-7/h1-5H. The van der Waals surface area contributed by atoms with Crippen LogP contribution >= 0.6 is 49.9 Å². The lowest BCUT2D eigenvalue weighted by molar-refractivity contribution is 0.478. The van der Waals surface area contributed by atoms with Crippen LogP contribution in [0.5, 0.6) is 10.9 Å². The second kappa shape index (κ2) is 4.59. The molecule has 0 unspecified atom stereocenters. The summed E-state index contributed by atoms with van der Waals surface area (Å²) in [7, 11) is 0. The molecule has 0 saturated carbocycles. The zero-order chi connectivity index (χ0) is 9.97. The Kier molecular flexibility index (Phi) is 3.40. The quantitative estimate of drug-likeness (QED) is 0.723. The van der Waals surface area contributed by atoms with E-state index in [9.17, 15) is 0 Å². The van der Waals surface area contributed by atoms with Crippen LogP contribution in [0.25, 0.3) is 0 Å². The van der Waals surface area contributed by atoms with Gasteiger partial charge in [-0.15, -0.1) is 0 Å². The van der Waals surface area contributed by atoms with Crippen molar-refractivity contribution in [2.45, 2.75) is 0 Å². The number of aromatic nitrogens is 1. The molecule has 0 aliphatic carbocycles. The molecule has 2 aromatic rings. The number of nitrogens with zero attached hydrogens (tertiary/aromatic N) is 1. The monoisotopic (exact) mass is 381 g/mol. The third-order valence-corrected chi connectivity index (χ3v) is 3.62. The zero-order valence-corrected chi connectivity index (χ0v) is 11.5. The van der Waals surface area contributed by atoms with E-state index in [-0.39, 0.29) is 0 Å². The van der Waals surface area contributed by atoms with E-state index in [2.05, 4.69) is 43.5 Å². The number of ether oxygens (including phenoxy) is 1. The van der Waals surface area contributed by atoms with Gasteiger partial charge in [0.25, 0.3) is 5.19 Å². The highest BCUT2D eigenvalue weighted by Crippen LogP contribution is 2.27. The van der Waals surface area contributed by atoms with E-state index in [1.165, 1.54) is 14.9 Å². The molecule has 0 radical (unpaired) electrons. The first-order chi connectivity index (χ1) is 6.74. The van der Waals surface area contributed by atoms with Crippen LogP contribution in [-0.4, -0.2) is 4.98 Å². The molecule has 0 aliphatic rings. The lowest BCUT2D eigenvalue weighted by Gasteiger charge is -2.00. The number of halogens is 2. The SMILES string of the molecule is Brc1csc(Oc2ccc(I)cc2)n1. The van der Waals surface area contributed by atoms with Crippen molar-refractivity contribution >= 4 is 49.9 Å². The molecule has 14 heavy (non-hydrogen) atoms. The minimum atomic E-state index is 0.651. The van der Waals surface area contributed by atoms with Crippen molar-refractivity contribution in [1.82, 2.24) is 4.98 Å². The summed E-state index contributed by atoms with van der Waals surface area (Å²) in [4.78, 5) is 4.14. The third-order valence-electron chi connectivity index (χ3n) is 1.47. The van der Waals surface area contributed by atoms with Gasteiger partial charge in [0.2, 0.25) is 0 Å². The molecular weight excluding hydrogens is 377 g/mol. The topological polar surface area (TPSA) is 22.1 Å². The van der Waals surface area contributed by atoms with Gasteiger partial charge in [-0.25, -0.2) is 0 Å². The number of hydrogen-bond donors (Lipinski definition) is 0. The van der Waals surface area contributed by atoms with Gasteiger partial charge < -0.3 is 4.74 Å². The Balaban J connectivity index is 2.15. The Labute approximate surface area is 108 Å². The molecule has 5 heteroatoms. The normalized spacial score (nSPS) is 10.1. The van der Waals surface area contributed by atoms with Crippen LogP contribution in [0.2, 0.25) is 0 Å². The van der Waals surface area contributed by atoms with Crippen molar-refractivity contribution in [1.29, 1.82) is 0 Å². The van der Waals surface area contributed by atoms with Crippen LogP contribution in [0.15, 0.2) is 34.2 Å². The highest BCUT2D eigenvalue weighted by molar-refractivity contribution is 14.1. The fourth-order valence-electron chi connectivity index (χ4n) is 0.889. The van der Waals surface area contributed by atoms with Gasteiger partial charge in [-0.3, -0.25) is 0 Å². The molecule has 0 aliphatic heterocycles. The third kappa shape index (κ3) is 2.68. The summed E-state index contributed by atoms with van der Waals surface area (Å²) in [6.45, 7) is 0. The molecule has 2 rings (SSSR count). The van der Waals surface area contributed by atoms with Crippen LogP contribution in [0.3, 0.4) is 0 Å². The molecule has 1 aromatic heterocycles. The average Bonchev–Trinajstić information content (AvgIpc) is 2.56. The van der Waals surface area contributed by atoms with E-state index in [1.54, 1.807) is 0 Å². The minimum absolute atomic E-state index is 0.651. The van der Waals surface area contributed by atoms with Crippen LogP contribution in [0, 0.1) is 3.57 Å². The Morgan fingerprint density at radius 1 is 1.29 bits per heavy atom. The van der Waals surface area contributed by atoms with Gasteiger partial charge in [0.15, 0.2) is 0 Å². The van der Waals surface area contributed by atoms with Crippen molar-refractivity contribution < 1.29 is 4.74 Å². The first kappa shape index (κ1) is 10.4. The number of hydrogen-bond acceptors (Lipinski definition) is 3. The fraction of sp³-hybridized carbons (Fsp3) is 0. The van der Waals surface area contributed by atoms with Crippen molar-refractivity contribution in [2.24, 2.45) is 0 Å². The van der Waals surface area contributed by atoms with Crippen molar-refractivity contribution in [2.75, 3.05) is 0 Å². The summed E-state index contributed by atoms with van der Waals surface area (Å²) < 4.78 is 7.53. The van der Waals surface area contributed by atoms with Gasteiger partial charge >= 0.3 is 0 Å². The van der Waals surface area contributed by atoms with E-state index >= 15 is 0 Å². The van der Waals surface area contributed by atoms with E-state index in [4.69, 9.17) is 4.74 Å². The molecule has 72 valence electrons. The van der Waals surface area contributed by atoms with Crippen LogP contribution < -0.4 is 4.74 Å². The Morgan fingerprint density at radius 2 is 2.00 bits per heavy atom. The summed E-state index contributed by atoms with van der Waals surface area (Å²) in [5.74, 6) is 0.812. The van der Waals surface area contributed by atoms with Gasteiger partial charge in [-0.2, -0.15) is 4.98 Å². The summed E-state index contributed by atoms with van der Waals surface area (Å²) >= 11 is 7.00. The molecular formula is C9H5BrINOS. The van der Waals surface area contributed by atoms with Crippen LogP contribution in [0.1, 0.15) is 0 Å². The van der Waals surface area contributed by atoms with Gasteiger partial charge in [0.05, 0.1) is 0 Å². The molecule has 0 fully saturated rings. The fourth-order valence-corrected chi connectivity index (χ4v) is 2.35. The smallest absolute Gasteiger partial charge is 0.279 e. The Bertz CT molecular complexity index is 429. The number of benzene rings is 1. The second-order valence-electron chi connectivity index (χ2n) is 2.49. The molecule has 0 bridgehead atoms. The van der Waals surface area contributed by atoms with Crippen molar-refractivity contribution in [3.8, 4) is 10.9 Å². The maximum absolute atomic E-state index is 5.53. The van der Waals surface area contributed by atoms with Gasteiger partial charge in [0.1, 0.15) is 10.4 Å². The second-order valence-corrected chi connectivity index (χ2v) is 5.37. The molecule has 1 heterocycles. The van der Waals surface area contributed by atoms with E-state index in [0.717, 1.165) is 10.4 Å². The van der Waals surface area contributed by atoms with E-state index in [0.29, 0.717) is 5.19 Å². The summed E-state index contributed by atoms with van der Waals surface area (Å²) in [5, 5.41) is 2.54. The lowest BCUT2D eigenvalue weighted by Crippen LogP contribution is -1.82.